The molecule has 6 nitrogen and oxygen atoms in total. The molecule has 1 aliphatic rings. The fourth-order valence-corrected chi connectivity index (χ4v) is 5.15. The summed E-state index contributed by atoms with van der Waals surface area (Å²) in [5.41, 5.74) is 3.19. The molecular weight excluding hydrogens is 446 g/mol. The zero-order valence-electron chi connectivity index (χ0n) is 19.1. The third-order valence-corrected chi connectivity index (χ3v) is 7.05. The van der Waals surface area contributed by atoms with E-state index in [1.54, 1.807) is 18.9 Å². The molecule has 7 heteroatoms. The number of imidazole rings is 1. The fourth-order valence-electron chi connectivity index (χ4n) is 4.22. The number of benzene rings is 2. The van der Waals surface area contributed by atoms with Crippen molar-refractivity contribution in [1.29, 1.82) is 0 Å². The second-order valence-corrected chi connectivity index (χ2v) is 9.34. The first-order chi connectivity index (χ1) is 16.7. The molecule has 0 radical (unpaired) electrons. The molecule has 1 fully saturated rings. The molecule has 0 unspecified atom stereocenters. The van der Waals surface area contributed by atoms with E-state index in [2.05, 4.69) is 10.3 Å². The van der Waals surface area contributed by atoms with Crippen molar-refractivity contribution in [3.05, 3.63) is 84.3 Å². The van der Waals surface area contributed by atoms with Gasteiger partial charge < -0.3 is 19.2 Å². The number of amides is 1. The quantitative estimate of drug-likeness (QED) is 0.308. The average Bonchev–Trinajstić information content (AvgIpc) is 3.52. The number of carbonyl (C=O) groups is 1. The highest BCUT2D eigenvalue weighted by Crippen LogP contribution is 2.34. The monoisotopic (exact) mass is 473 g/mol. The number of ether oxygens (including phenoxy) is 2. The first-order valence-electron chi connectivity index (χ1n) is 11.5. The molecule has 2 aromatic carbocycles. The van der Waals surface area contributed by atoms with Crippen LogP contribution >= 0.6 is 11.8 Å². The minimum absolute atomic E-state index is 0.157. The number of carbonyl (C=O) groups excluding carboxylic acids is 1. The van der Waals surface area contributed by atoms with Gasteiger partial charge in [-0.05, 0) is 62.1 Å². The zero-order chi connectivity index (χ0) is 23.3. The third kappa shape index (κ3) is 5.04. The van der Waals surface area contributed by atoms with Crippen molar-refractivity contribution >= 4 is 29.0 Å². The molecule has 0 spiro atoms. The Bertz CT molecular complexity index is 1260. The Kier molecular flexibility index (Phi) is 6.72. The van der Waals surface area contributed by atoms with Crippen LogP contribution in [-0.4, -0.2) is 28.5 Å². The van der Waals surface area contributed by atoms with Crippen LogP contribution in [-0.2, 0) is 5.75 Å². The number of nitrogens with zero attached hydrogens (tertiary/aromatic N) is 2. The molecule has 34 heavy (non-hydrogen) atoms. The van der Waals surface area contributed by atoms with Crippen LogP contribution in [0.5, 0.6) is 11.5 Å². The van der Waals surface area contributed by atoms with Gasteiger partial charge in [0.2, 0.25) is 0 Å². The van der Waals surface area contributed by atoms with Gasteiger partial charge in [0, 0.05) is 34.8 Å². The maximum Gasteiger partial charge on any atom is 0.256 e. The number of methoxy groups -OCH3 is 1. The van der Waals surface area contributed by atoms with Crippen molar-refractivity contribution in [3.63, 3.8) is 0 Å². The summed E-state index contributed by atoms with van der Waals surface area (Å²) in [6.45, 7) is 0. The van der Waals surface area contributed by atoms with Crippen molar-refractivity contribution in [2.45, 2.75) is 42.4 Å². The van der Waals surface area contributed by atoms with E-state index in [4.69, 9.17) is 9.47 Å². The third-order valence-electron chi connectivity index (χ3n) is 5.94. The number of nitrogens with one attached hydrogen (secondary N) is 1. The molecule has 174 valence electrons. The summed E-state index contributed by atoms with van der Waals surface area (Å²) >= 11 is 1.60. The highest BCUT2D eigenvalue weighted by atomic mass is 32.2. The van der Waals surface area contributed by atoms with Crippen molar-refractivity contribution in [2.24, 2.45) is 0 Å². The number of rotatable bonds is 8. The highest BCUT2D eigenvalue weighted by Gasteiger charge is 2.19. The first-order valence-corrected chi connectivity index (χ1v) is 12.5. The number of aromatic nitrogens is 2. The van der Waals surface area contributed by atoms with E-state index in [0.717, 1.165) is 29.1 Å². The molecule has 0 aliphatic heterocycles. The van der Waals surface area contributed by atoms with E-state index < -0.39 is 0 Å². The zero-order valence-corrected chi connectivity index (χ0v) is 19.9. The predicted molar refractivity (Wildman–Crippen MR) is 135 cm³/mol. The molecule has 0 saturated heterocycles. The van der Waals surface area contributed by atoms with Gasteiger partial charge >= 0.3 is 0 Å². The second-order valence-electron chi connectivity index (χ2n) is 8.33. The van der Waals surface area contributed by atoms with Gasteiger partial charge in [-0.25, -0.2) is 4.98 Å². The molecule has 0 atom stereocenters. The van der Waals surface area contributed by atoms with E-state index in [-0.39, 0.29) is 12.0 Å². The number of fused-ring (bicyclic) bond motifs is 1. The minimum Gasteiger partial charge on any atom is -0.493 e. The van der Waals surface area contributed by atoms with Gasteiger partial charge in [-0.2, -0.15) is 0 Å². The van der Waals surface area contributed by atoms with Crippen LogP contribution in [0.15, 0.2) is 78.0 Å². The summed E-state index contributed by atoms with van der Waals surface area (Å²) in [5.74, 6) is 1.86. The molecule has 4 aromatic rings. The van der Waals surface area contributed by atoms with E-state index >= 15 is 0 Å². The molecule has 2 aromatic heterocycles. The number of pyridine rings is 1. The number of hydrogen-bond donors (Lipinski definition) is 1. The summed E-state index contributed by atoms with van der Waals surface area (Å²) < 4.78 is 13.6. The van der Waals surface area contributed by atoms with Crippen LogP contribution in [0.1, 0.15) is 41.7 Å². The topological polar surface area (TPSA) is 64.9 Å². The normalized spacial score (nSPS) is 13.8. The minimum atomic E-state index is -0.157. The lowest BCUT2D eigenvalue weighted by Gasteiger charge is -2.17. The Labute approximate surface area is 203 Å². The van der Waals surface area contributed by atoms with Crippen LogP contribution in [0.2, 0.25) is 0 Å². The van der Waals surface area contributed by atoms with E-state index in [1.165, 1.54) is 12.8 Å². The summed E-state index contributed by atoms with van der Waals surface area (Å²) in [4.78, 5) is 18.7. The Hall–Kier alpha value is -3.45. The molecule has 1 saturated carbocycles. The number of thioether (sulfide) groups is 1. The first kappa shape index (κ1) is 22.3. The van der Waals surface area contributed by atoms with Gasteiger partial charge in [0.05, 0.1) is 24.5 Å². The van der Waals surface area contributed by atoms with E-state index in [9.17, 15) is 4.79 Å². The van der Waals surface area contributed by atoms with Crippen LogP contribution in [0.3, 0.4) is 0 Å². The Morgan fingerprint density at radius 3 is 2.74 bits per heavy atom. The lowest BCUT2D eigenvalue weighted by atomic mass is 10.2. The summed E-state index contributed by atoms with van der Waals surface area (Å²) in [6.07, 6.45) is 8.69. The highest BCUT2D eigenvalue weighted by molar-refractivity contribution is 7.98. The smallest absolute Gasteiger partial charge is 0.256 e. The number of hydrogen-bond acceptors (Lipinski definition) is 5. The van der Waals surface area contributed by atoms with Crippen molar-refractivity contribution in [1.82, 2.24) is 9.38 Å². The lowest BCUT2D eigenvalue weighted by molar-refractivity contribution is 0.102. The van der Waals surface area contributed by atoms with E-state index in [1.807, 2.05) is 77.5 Å². The lowest BCUT2D eigenvalue weighted by Crippen LogP contribution is -2.14. The van der Waals surface area contributed by atoms with Gasteiger partial charge in [0.15, 0.2) is 11.5 Å². The molecule has 5 rings (SSSR count). The van der Waals surface area contributed by atoms with Crippen LogP contribution in [0.4, 0.5) is 5.69 Å². The SMILES string of the molecule is COc1ccc(NC(=O)c2ccccc2SCc2cn3ccccc3n2)cc1OC1CCCC1. The Morgan fingerprint density at radius 1 is 1.09 bits per heavy atom. The molecule has 1 aliphatic carbocycles. The number of anilines is 1. The molecule has 0 bridgehead atoms. The molecule has 2 heterocycles. The Balaban J connectivity index is 1.30. The standard InChI is InChI=1S/C27H27N3O3S/c1-32-23-14-13-19(16-24(23)33-21-8-2-3-9-21)29-27(31)22-10-4-5-11-25(22)34-18-20-17-30-15-7-6-12-26(30)28-20/h4-7,10-17,21H,2-3,8-9,18H2,1H3,(H,29,31). The largest absolute Gasteiger partial charge is 0.493 e. The van der Waals surface area contributed by atoms with Gasteiger partial charge in [0.1, 0.15) is 5.65 Å². The molecule has 1 amide bonds. The Morgan fingerprint density at radius 2 is 1.91 bits per heavy atom. The van der Waals surface area contributed by atoms with Crippen molar-refractivity contribution in [2.75, 3.05) is 12.4 Å². The van der Waals surface area contributed by atoms with Gasteiger partial charge in [-0.15, -0.1) is 11.8 Å². The molecular formula is C27H27N3O3S. The fraction of sp³-hybridized carbons (Fsp3) is 0.259. The summed E-state index contributed by atoms with van der Waals surface area (Å²) in [7, 11) is 1.63. The van der Waals surface area contributed by atoms with Crippen LogP contribution in [0, 0.1) is 0 Å². The summed E-state index contributed by atoms with van der Waals surface area (Å²) in [6, 6.07) is 19.1. The van der Waals surface area contributed by atoms with Gasteiger partial charge in [-0.1, -0.05) is 18.2 Å². The predicted octanol–water partition coefficient (Wildman–Crippen LogP) is 6.21. The maximum absolute atomic E-state index is 13.2. The average molecular weight is 474 g/mol. The van der Waals surface area contributed by atoms with Gasteiger partial charge in [-0.3, -0.25) is 4.79 Å². The summed E-state index contributed by atoms with van der Waals surface area (Å²) in [5, 5.41) is 3.03. The second kappa shape index (κ2) is 10.2. The molecule has 1 N–H and O–H groups in total. The van der Waals surface area contributed by atoms with Gasteiger partial charge in [0.25, 0.3) is 5.91 Å². The van der Waals surface area contributed by atoms with Crippen LogP contribution in [0.25, 0.3) is 5.65 Å². The van der Waals surface area contributed by atoms with Crippen LogP contribution < -0.4 is 14.8 Å². The van der Waals surface area contributed by atoms with Crippen molar-refractivity contribution in [3.8, 4) is 11.5 Å². The van der Waals surface area contributed by atoms with E-state index in [0.29, 0.717) is 28.5 Å². The van der Waals surface area contributed by atoms with Crippen molar-refractivity contribution < 1.29 is 14.3 Å². The maximum atomic E-state index is 13.2.